The third kappa shape index (κ3) is 3.56. The lowest BCUT2D eigenvalue weighted by molar-refractivity contribution is -0.136. The Kier molecular flexibility index (Phi) is 4.85. The van der Waals surface area contributed by atoms with E-state index in [-0.39, 0.29) is 18.0 Å². The van der Waals surface area contributed by atoms with Crippen LogP contribution in [0.4, 0.5) is 4.79 Å². The van der Waals surface area contributed by atoms with Crippen molar-refractivity contribution >= 4 is 12.0 Å². The van der Waals surface area contributed by atoms with Crippen LogP contribution in [0.5, 0.6) is 0 Å². The Labute approximate surface area is 154 Å². The quantitative estimate of drug-likeness (QED) is 0.893. The Hall–Kier alpha value is -2.08. The third-order valence-corrected chi connectivity index (χ3v) is 5.90. The first-order valence-corrected chi connectivity index (χ1v) is 9.69. The Morgan fingerprint density at radius 2 is 2.00 bits per heavy atom. The second-order valence-electron chi connectivity index (χ2n) is 7.68. The Morgan fingerprint density at radius 3 is 2.69 bits per heavy atom. The number of likely N-dealkylation sites (tertiary alicyclic amines) is 1. The van der Waals surface area contributed by atoms with E-state index in [0.29, 0.717) is 26.2 Å². The molecule has 6 heteroatoms. The number of nitrogens with zero attached hydrogens (tertiary/aromatic N) is 2. The second-order valence-corrected chi connectivity index (χ2v) is 7.68. The summed E-state index contributed by atoms with van der Waals surface area (Å²) >= 11 is 0. The first-order chi connectivity index (χ1) is 12.7. The highest BCUT2D eigenvalue weighted by Gasteiger charge is 2.47. The zero-order chi connectivity index (χ0) is 18.0. The summed E-state index contributed by atoms with van der Waals surface area (Å²) in [5, 5.41) is 3.28. The Balaban J connectivity index is 1.30. The highest BCUT2D eigenvalue weighted by molar-refractivity contribution is 5.82. The fourth-order valence-electron chi connectivity index (χ4n) is 4.28. The third-order valence-electron chi connectivity index (χ3n) is 5.90. The predicted molar refractivity (Wildman–Crippen MR) is 97.8 cm³/mol. The van der Waals surface area contributed by atoms with Gasteiger partial charge in [0.15, 0.2) is 0 Å². The van der Waals surface area contributed by atoms with Crippen molar-refractivity contribution < 1.29 is 14.3 Å². The van der Waals surface area contributed by atoms with E-state index in [0.717, 1.165) is 38.6 Å². The zero-order valence-electron chi connectivity index (χ0n) is 15.2. The minimum atomic E-state index is -0.409. The number of ether oxygens (including phenoxy) is 1. The highest BCUT2D eigenvalue weighted by atomic mass is 16.6. The molecule has 6 nitrogen and oxygen atoms in total. The molecule has 4 rings (SSSR count). The molecule has 1 N–H and O–H groups in total. The van der Waals surface area contributed by atoms with Gasteiger partial charge in [0, 0.05) is 32.5 Å². The van der Waals surface area contributed by atoms with E-state index in [1.54, 1.807) is 0 Å². The van der Waals surface area contributed by atoms with Crippen LogP contribution in [-0.4, -0.2) is 66.2 Å². The molecule has 3 aliphatic rings. The maximum Gasteiger partial charge on any atom is 0.410 e. The normalized spacial score (nSPS) is 24.9. The van der Waals surface area contributed by atoms with Gasteiger partial charge in [-0.15, -0.1) is 0 Å². The van der Waals surface area contributed by atoms with Gasteiger partial charge in [0.05, 0.1) is 12.6 Å². The van der Waals surface area contributed by atoms with Crippen LogP contribution in [0.3, 0.4) is 0 Å². The number of hydrogen-bond donors (Lipinski definition) is 1. The molecule has 0 bridgehead atoms. The fraction of sp³-hybridized carbons (Fsp3) is 0.600. The molecular weight excluding hydrogens is 330 g/mol. The second kappa shape index (κ2) is 7.27. The number of amides is 2. The number of benzene rings is 1. The summed E-state index contributed by atoms with van der Waals surface area (Å²) in [4.78, 5) is 28.6. The van der Waals surface area contributed by atoms with Crippen molar-refractivity contribution in [3.05, 3.63) is 35.9 Å². The van der Waals surface area contributed by atoms with Crippen LogP contribution >= 0.6 is 0 Å². The number of carbonyl (C=O) groups excluding carboxylic acids is 2. The Bertz CT molecular complexity index is 650. The van der Waals surface area contributed by atoms with Crippen LogP contribution in [-0.2, 0) is 16.0 Å². The maximum absolute atomic E-state index is 12.5. The summed E-state index contributed by atoms with van der Waals surface area (Å²) < 4.78 is 5.78. The molecule has 0 saturated carbocycles. The highest BCUT2D eigenvalue weighted by Crippen LogP contribution is 2.33. The minimum Gasteiger partial charge on any atom is -0.441 e. The summed E-state index contributed by atoms with van der Waals surface area (Å²) in [7, 11) is 0. The van der Waals surface area contributed by atoms with Crippen LogP contribution < -0.4 is 5.32 Å². The summed E-state index contributed by atoms with van der Waals surface area (Å²) in [6.07, 6.45) is 4.10. The predicted octanol–water partition coefficient (Wildman–Crippen LogP) is 1.79. The van der Waals surface area contributed by atoms with E-state index >= 15 is 0 Å². The van der Waals surface area contributed by atoms with E-state index < -0.39 is 5.60 Å². The summed E-state index contributed by atoms with van der Waals surface area (Å²) in [6, 6.07) is 10.2. The smallest absolute Gasteiger partial charge is 0.410 e. The molecule has 1 atom stereocenters. The zero-order valence-corrected chi connectivity index (χ0v) is 15.2. The number of nitrogens with one attached hydrogen (secondary N) is 1. The fourth-order valence-corrected chi connectivity index (χ4v) is 4.28. The maximum atomic E-state index is 12.5. The van der Waals surface area contributed by atoms with E-state index in [9.17, 15) is 9.59 Å². The van der Waals surface area contributed by atoms with Gasteiger partial charge in [-0.2, -0.15) is 0 Å². The molecule has 26 heavy (non-hydrogen) atoms. The molecule has 140 valence electrons. The van der Waals surface area contributed by atoms with Crippen LogP contribution in [0.25, 0.3) is 0 Å². The lowest BCUT2D eigenvalue weighted by atomic mass is 9.91. The number of piperidine rings is 1. The van der Waals surface area contributed by atoms with E-state index in [1.807, 2.05) is 28.0 Å². The van der Waals surface area contributed by atoms with Gasteiger partial charge in [-0.3, -0.25) is 4.79 Å². The van der Waals surface area contributed by atoms with E-state index in [4.69, 9.17) is 4.74 Å². The lowest BCUT2D eigenvalue weighted by Gasteiger charge is -2.38. The molecule has 3 saturated heterocycles. The molecule has 1 aromatic carbocycles. The number of carbonyl (C=O) groups is 2. The SMILES string of the molecule is O=C1OC2(CCN(C(=O)[C@@H]3CCCN3)CC2)CN1CCc1ccccc1. The van der Waals surface area contributed by atoms with E-state index in [1.165, 1.54) is 5.56 Å². The molecule has 1 aromatic rings. The first kappa shape index (κ1) is 17.3. The standard InChI is InChI=1S/C20H27N3O3/c24-18(17-7-4-11-21-17)22-13-9-20(10-14-22)15-23(19(25)26-20)12-8-16-5-2-1-3-6-16/h1-3,5-6,17,21H,4,7-15H2/t17-/m0/s1. The van der Waals surface area contributed by atoms with Crippen molar-refractivity contribution in [3.8, 4) is 0 Å². The minimum absolute atomic E-state index is 0.0162. The molecule has 3 fully saturated rings. The molecular formula is C20H27N3O3. The molecule has 0 aliphatic carbocycles. The van der Waals surface area contributed by atoms with Crippen molar-refractivity contribution in [3.63, 3.8) is 0 Å². The largest absolute Gasteiger partial charge is 0.441 e. The molecule has 0 unspecified atom stereocenters. The topological polar surface area (TPSA) is 61.9 Å². The summed E-state index contributed by atoms with van der Waals surface area (Å²) in [6.45, 7) is 3.61. The average molecular weight is 357 g/mol. The van der Waals surface area contributed by atoms with Crippen LogP contribution in [0.1, 0.15) is 31.2 Å². The van der Waals surface area contributed by atoms with Crippen molar-refractivity contribution in [2.24, 2.45) is 0 Å². The molecule has 1 spiro atoms. The van der Waals surface area contributed by atoms with Gasteiger partial charge < -0.3 is 19.9 Å². The van der Waals surface area contributed by atoms with Crippen molar-refractivity contribution in [2.45, 2.75) is 43.7 Å². The summed E-state index contributed by atoms with van der Waals surface area (Å²) in [5.41, 5.74) is 0.818. The number of hydrogen-bond acceptors (Lipinski definition) is 4. The molecule has 0 aromatic heterocycles. The molecule has 3 aliphatic heterocycles. The van der Waals surface area contributed by atoms with Gasteiger partial charge in [-0.05, 0) is 31.4 Å². The van der Waals surface area contributed by atoms with Crippen LogP contribution in [0.15, 0.2) is 30.3 Å². The van der Waals surface area contributed by atoms with Crippen LogP contribution in [0.2, 0.25) is 0 Å². The monoisotopic (exact) mass is 357 g/mol. The van der Waals surface area contributed by atoms with Gasteiger partial charge in [-0.1, -0.05) is 30.3 Å². The average Bonchev–Trinajstić information content (AvgIpc) is 3.30. The number of rotatable bonds is 4. The van der Waals surface area contributed by atoms with Crippen molar-refractivity contribution in [2.75, 3.05) is 32.7 Å². The van der Waals surface area contributed by atoms with Crippen LogP contribution in [0, 0.1) is 0 Å². The molecule has 3 heterocycles. The van der Waals surface area contributed by atoms with Crippen molar-refractivity contribution in [1.29, 1.82) is 0 Å². The molecule has 2 amide bonds. The lowest BCUT2D eigenvalue weighted by Crippen LogP contribution is -2.52. The van der Waals surface area contributed by atoms with Crippen molar-refractivity contribution in [1.82, 2.24) is 15.1 Å². The Morgan fingerprint density at radius 1 is 1.23 bits per heavy atom. The molecule has 0 radical (unpaired) electrons. The van der Waals surface area contributed by atoms with Gasteiger partial charge in [-0.25, -0.2) is 4.79 Å². The first-order valence-electron chi connectivity index (χ1n) is 9.69. The van der Waals surface area contributed by atoms with Gasteiger partial charge >= 0.3 is 6.09 Å². The van der Waals surface area contributed by atoms with Gasteiger partial charge in [0.1, 0.15) is 5.60 Å². The van der Waals surface area contributed by atoms with Gasteiger partial charge in [0.2, 0.25) is 5.91 Å². The summed E-state index contributed by atoms with van der Waals surface area (Å²) in [5.74, 6) is 0.211. The van der Waals surface area contributed by atoms with Gasteiger partial charge in [0.25, 0.3) is 0 Å². The van der Waals surface area contributed by atoms with E-state index in [2.05, 4.69) is 17.4 Å².